The number of benzene rings is 2. The third-order valence-electron chi connectivity index (χ3n) is 5.18. The van der Waals surface area contributed by atoms with Gasteiger partial charge in [0.15, 0.2) is 0 Å². The minimum absolute atomic E-state index is 0.0850. The van der Waals surface area contributed by atoms with Crippen LogP contribution < -0.4 is 15.4 Å². The molecule has 11 heteroatoms. The van der Waals surface area contributed by atoms with E-state index in [0.717, 1.165) is 25.7 Å². The second-order valence-corrected chi connectivity index (χ2v) is 9.32. The molecule has 1 aliphatic heterocycles. The maximum atomic E-state index is 12.8. The summed E-state index contributed by atoms with van der Waals surface area (Å²) in [5.41, 5.74) is 0.752. The van der Waals surface area contributed by atoms with Crippen molar-refractivity contribution in [3.8, 4) is 5.75 Å². The lowest BCUT2D eigenvalue weighted by Crippen LogP contribution is -2.31. The van der Waals surface area contributed by atoms with Gasteiger partial charge < -0.3 is 15.4 Å². The molecular weight excluding hydrogens is 436 g/mol. The van der Waals surface area contributed by atoms with Crippen molar-refractivity contribution in [1.29, 1.82) is 0 Å². The van der Waals surface area contributed by atoms with Gasteiger partial charge in [-0.3, -0.25) is 14.9 Å². The number of methoxy groups -OCH3 is 1. The fourth-order valence-electron chi connectivity index (χ4n) is 3.45. The second-order valence-electron chi connectivity index (χ2n) is 7.39. The fraction of sp³-hybridized carbons (Fsp3) is 0.381. The molecule has 2 aromatic rings. The topological polar surface area (TPSA) is 131 Å². The molecule has 172 valence electrons. The number of hydrogen-bond acceptors (Lipinski definition) is 7. The first kappa shape index (κ1) is 23.5. The minimum atomic E-state index is -3.53. The van der Waals surface area contributed by atoms with E-state index in [1.165, 1.54) is 41.7 Å². The molecule has 0 unspecified atom stereocenters. The number of rotatable bonds is 8. The molecule has 32 heavy (non-hydrogen) atoms. The number of nitro benzene ring substituents is 1. The predicted molar refractivity (Wildman–Crippen MR) is 120 cm³/mol. The van der Waals surface area contributed by atoms with E-state index >= 15 is 0 Å². The number of carbonyl (C=O) groups is 1. The molecule has 0 aliphatic carbocycles. The Hall–Kier alpha value is -3.18. The molecule has 1 heterocycles. The van der Waals surface area contributed by atoms with Crippen LogP contribution in [0.15, 0.2) is 47.4 Å². The van der Waals surface area contributed by atoms with Crippen LogP contribution in [0.25, 0.3) is 0 Å². The molecule has 1 amide bonds. The Morgan fingerprint density at radius 2 is 1.75 bits per heavy atom. The van der Waals surface area contributed by atoms with Gasteiger partial charge in [-0.05, 0) is 43.2 Å². The second kappa shape index (κ2) is 10.4. The zero-order valence-electron chi connectivity index (χ0n) is 17.7. The summed E-state index contributed by atoms with van der Waals surface area (Å²) in [6.45, 7) is 0.988. The quantitative estimate of drug-likeness (QED) is 0.455. The summed E-state index contributed by atoms with van der Waals surface area (Å²) >= 11 is 0. The predicted octanol–water partition coefficient (Wildman–Crippen LogP) is 3.22. The summed E-state index contributed by atoms with van der Waals surface area (Å²) in [4.78, 5) is 22.8. The number of carbonyl (C=O) groups excluding carboxylic acids is 1. The maximum absolute atomic E-state index is 12.8. The van der Waals surface area contributed by atoms with E-state index in [-0.39, 0.29) is 22.9 Å². The van der Waals surface area contributed by atoms with E-state index in [0.29, 0.717) is 24.5 Å². The van der Waals surface area contributed by atoms with Crippen LogP contribution in [-0.2, 0) is 14.8 Å². The van der Waals surface area contributed by atoms with Crippen molar-refractivity contribution in [3.63, 3.8) is 0 Å². The lowest BCUT2D eigenvalue weighted by Gasteiger charge is -2.20. The van der Waals surface area contributed by atoms with E-state index in [4.69, 9.17) is 4.74 Å². The zero-order chi connectivity index (χ0) is 23.1. The van der Waals surface area contributed by atoms with Crippen molar-refractivity contribution >= 4 is 33.0 Å². The number of nitro groups is 1. The van der Waals surface area contributed by atoms with Crippen molar-refractivity contribution in [3.05, 3.63) is 52.6 Å². The number of sulfonamides is 1. The van der Waals surface area contributed by atoms with Gasteiger partial charge in [-0.25, -0.2) is 8.42 Å². The standard InChI is InChI=1S/C21H26N4O6S/c1-31-20-14-17(25(27)28)8-11-19(20)23-21(26)15-22-16-6-9-18(10-7-16)32(29,30)24-12-4-2-3-5-13-24/h6-11,14,22H,2-5,12-13,15H2,1H3,(H,23,26). The van der Waals surface area contributed by atoms with E-state index in [1.807, 2.05) is 0 Å². The van der Waals surface area contributed by atoms with Gasteiger partial charge in [0.1, 0.15) is 5.75 Å². The summed E-state index contributed by atoms with van der Waals surface area (Å²) in [7, 11) is -2.17. The first-order chi connectivity index (χ1) is 15.3. The van der Waals surface area contributed by atoms with Crippen LogP contribution in [0.3, 0.4) is 0 Å². The van der Waals surface area contributed by atoms with Gasteiger partial charge in [-0.15, -0.1) is 0 Å². The summed E-state index contributed by atoms with van der Waals surface area (Å²) in [5.74, 6) is -0.214. The number of amides is 1. The fourth-order valence-corrected chi connectivity index (χ4v) is 4.97. The molecule has 0 spiro atoms. The van der Waals surface area contributed by atoms with Gasteiger partial charge >= 0.3 is 0 Å². The Morgan fingerprint density at radius 1 is 1.09 bits per heavy atom. The van der Waals surface area contributed by atoms with Crippen LogP contribution in [0.2, 0.25) is 0 Å². The number of anilines is 2. The lowest BCUT2D eigenvalue weighted by atomic mass is 10.2. The Balaban J connectivity index is 1.59. The number of ether oxygens (including phenoxy) is 1. The summed E-state index contributed by atoms with van der Waals surface area (Å²) in [6.07, 6.45) is 3.83. The van der Waals surface area contributed by atoms with Crippen LogP contribution in [-0.4, -0.2) is 50.3 Å². The maximum Gasteiger partial charge on any atom is 0.273 e. The van der Waals surface area contributed by atoms with E-state index in [1.54, 1.807) is 12.1 Å². The molecule has 2 N–H and O–H groups in total. The molecule has 0 atom stereocenters. The van der Waals surface area contributed by atoms with Gasteiger partial charge in [0.05, 0.1) is 35.2 Å². The normalized spacial score (nSPS) is 14.9. The van der Waals surface area contributed by atoms with Crippen molar-refractivity contribution in [1.82, 2.24) is 4.31 Å². The summed E-state index contributed by atoms with van der Waals surface area (Å²) in [5, 5.41) is 16.4. The Morgan fingerprint density at radius 3 is 2.34 bits per heavy atom. The highest BCUT2D eigenvalue weighted by Gasteiger charge is 2.25. The van der Waals surface area contributed by atoms with Crippen molar-refractivity contribution in [2.75, 3.05) is 37.4 Å². The highest BCUT2D eigenvalue weighted by Crippen LogP contribution is 2.29. The first-order valence-corrected chi connectivity index (χ1v) is 11.7. The minimum Gasteiger partial charge on any atom is -0.494 e. The third-order valence-corrected chi connectivity index (χ3v) is 7.09. The molecule has 1 aliphatic rings. The molecule has 10 nitrogen and oxygen atoms in total. The molecule has 0 bridgehead atoms. The van der Waals surface area contributed by atoms with Crippen molar-refractivity contribution < 1.29 is 22.9 Å². The lowest BCUT2D eigenvalue weighted by molar-refractivity contribution is -0.384. The molecular formula is C21H26N4O6S. The Bertz CT molecular complexity index is 1060. The van der Waals surface area contributed by atoms with Gasteiger partial charge in [0, 0.05) is 24.8 Å². The molecule has 2 aromatic carbocycles. The van der Waals surface area contributed by atoms with E-state index in [9.17, 15) is 23.3 Å². The third kappa shape index (κ3) is 5.74. The monoisotopic (exact) mass is 462 g/mol. The first-order valence-electron chi connectivity index (χ1n) is 10.3. The average Bonchev–Trinajstić information content (AvgIpc) is 3.08. The Labute approximate surface area is 186 Å². The summed E-state index contributed by atoms with van der Waals surface area (Å²) < 4.78 is 32.3. The highest BCUT2D eigenvalue weighted by atomic mass is 32.2. The molecule has 1 fully saturated rings. The highest BCUT2D eigenvalue weighted by molar-refractivity contribution is 7.89. The van der Waals surface area contributed by atoms with Crippen LogP contribution >= 0.6 is 0 Å². The van der Waals surface area contributed by atoms with Crippen LogP contribution in [0, 0.1) is 10.1 Å². The number of hydrogen-bond donors (Lipinski definition) is 2. The van der Waals surface area contributed by atoms with E-state index < -0.39 is 20.9 Å². The number of non-ortho nitro benzene ring substituents is 1. The molecule has 0 radical (unpaired) electrons. The number of nitrogens with one attached hydrogen (secondary N) is 2. The summed E-state index contributed by atoms with van der Waals surface area (Å²) in [6, 6.07) is 10.2. The molecule has 1 saturated heterocycles. The average molecular weight is 463 g/mol. The van der Waals surface area contributed by atoms with Gasteiger partial charge in [0.2, 0.25) is 15.9 Å². The van der Waals surface area contributed by atoms with Crippen LogP contribution in [0.5, 0.6) is 5.75 Å². The largest absolute Gasteiger partial charge is 0.494 e. The SMILES string of the molecule is COc1cc([N+](=O)[O-])ccc1NC(=O)CNc1ccc(S(=O)(=O)N2CCCCCC2)cc1. The van der Waals surface area contributed by atoms with Gasteiger partial charge in [0.25, 0.3) is 5.69 Å². The molecule has 0 aromatic heterocycles. The van der Waals surface area contributed by atoms with Crippen LogP contribution in [0.1, 0.15) is 25.7 Å². The Kier molecular flexibility index (Phi) is 7.65. The smallest absolute Gasteiger partial charge is 0.273 e. The molecule has 0 saturated carbocycles. The van der Waals surface area contributed by atoms with Gasteiger partial charge in [-0.1, -0.05) is 12.8 Å². The zero-order valence-corrected chi connectivity index (χ0v) is 18.6. The van der Waals surface area contributed by atoms with Crippen molar-refractivity contribution in [2.24, 2.45) is 0 Å². The van der Waals surface area contributed by atoms with Gasteiger partial charge in [-0.2, -0.15) is 4.31 Å². The van der Waals surface area contributed by atoms with Crippen LogP contribution in [0.4, 0.5) is 17.1 Å². The number of nitrogens with zero attached hydrogens (tertiary/aromatic N) is 2. The van der Waals surface area contributed by atoms with Crippen molar-refractivity contribution in [2.45, 2.75) is 30.6 Å². The van der Waals surface area contributed by atoms with E-state index in [2.05, 4.69) is 10.6 Å². The molecule has 3 rings (SSSR count).